The van der Waals surface area contributed by atoms with E-state index in [9.17, 15) is 4.79 Å². The molecular formula is C14H19NO4. The summed E-state index contributed by atoms with van der Waals surface area (Å²) in [4.78, 5) is 11.3. The van der Waals surface area contributed by atoms with E-state index in [0.29, 0.717) is 23.8 Å². The third-order valence-electron chi connectivity index (χ3n) is 2.31. The Morgan fingerprint density at radius 1 is 1.21 bits per heavy atom. The number of carbonyl (C=O) groups excluding carboxylic acids is 1. The molecule has 1 N–H and O–H groups in total. The van der Waals surface area contributed by atoms with Crippen molar-refractivity contribution in [2.24, 2.45) is 0 Å². The second-order valence-electron chi connectivity index (χ2n) is 3.81. The van der Waals surface area contributed by atoms with Gasteiger partial charge in [-0.1, -0.05) is 0 Å². The van der Waals surface area contributed by atoms with Gasteiger partial charge in [0.15, 0.2) is 0 Å². The standard InChI is InChI=1S/C14H19NO4/c1-5-19-14(16)6-10(2)15-11-7-12(17-3)9-13(8-11)18-4/h6-9,15H,5H2,1-4H3/b10-6-. The fourth-order valence-electron chi connectivity index (χ4n) is 1.50. The number of nitrogens with one attached hydrogen (secondary N) is 1. The molecular weight excluding hydrogens is 246 g/mol. The highest BCUT2D eigenvalue weighted by atomic mass is 16.5. The van der Waals surface area contributed by atoms with Crippen LogP contribution in [0.15, 0.2) is 30.0 Å². The number of esters is 1. The number of allylic oxidation sites excluding steroid dienone is 1. The molecule has 0 atom stereocenters. The number of hydrogen-bond acceptors (Lipinski definition) is 5. The van der Waals surface area contributed by atoms with Crippen LogP contribution >= 0.6 is 0 Å². The molecule has 0 aliphatic rings. The second kappa shape index (κ2) is 7.31. The first kappa shape index (κ1) is 14.9. The van der Waals surface area contributed by atoms with Gasteiger partial charge in [-0.15, -0.1) is 0 Å². The summed E-state index contributed by atoms with van der Waals surface area (Å²) in [6, 6.07) is 5.39. The van der Waals surface area contributed by atoms with Crippen LogP contribution in [-0.4, -0.2) is 26.8 Å². The van der Waals surface area contributed by atoms with Gasteiger partial charge in [0.2, 0.25) is 0 Å². The summed E-state index contributed by atoms with van der Waals surface area (Å²) in [6.45, 7) is 3.90. The summed E-state index contributed by atoms with van der Waals surface area (Å²) in [6.07, 6.45) is 1.40. The normalized spacial score (nSPS) is 10.8. The highest BCUT2D eigenvalue weighted by Gasteiger charge is 2.03. The molecule has 5 heteroatoms. The Morgan fingerprint density at radius 3 is 2.26 bits per heavy atom. The molecule has 0 radical (unpaired) electrons. The average Bonchev–Trinajstić information content (AvgIpc) is 2.38. The first-order valence-electron chi connectivity index (χ1n) is 5.94. The summed E-state index contributed by atoms with van der Waals surface area (Å²) >= 11 is 0. The van der Waals surface area contributed by atoms with E-state index in [1.54, 1.807) is 34.1 Å². The SMILES string of the molecule is CCOC(=O)/C=C(/C)Nc1cc(OC)cc(OC)c1. The molecule has 0 amide bonds. The Hall–Kier alpha value is -2.17. The molecule has 19 heavy (non-hydrogen) atoms. The monoisotopic (exact) mass is 265 g/mol. The van der Waals surface area contributed by atoms with Gasteiger partial charge >= 0.3 is 5.97 Å². The van der Waals surface area contributed by atoms with Gasteiger partial charge in [0.05, 0.1) is 20.8 Å². The molecule has 0 saturated carbocycles. The summed E-state index contributed by atoms with van der Waals surface area (Å²) < 4.78 is 15.2. The zero-order chi connectivity index (χ0) is 14.3. The number of carbonyl (C=O) groups is 1. The van der Waals surface area contributed by atoms with Gasteiger partial charge < -0.3 is 19.5 Å². The lowest BCUT2D eigenvalue weighted by atomic mass is 10.2. The average molecular weight is 265 g/mol. The number of methoxy groups -OCH3 is 2. The highest BCUT2D eigenvalue weighted by molar-refractivity contribution is 5.83. The first-order valence-corrected chi connectivity index (χ1v) is 5.94. The quantitative estimate of drug-likeness (QED) is 0.633. The van der Waals surface area contributed by atoms with Gasteiger partial charge in [0.1, 0.15) is 11.5 Å². The van der Waals surface area contributed by atoms with Crippen LogP contribution in [0.5, 0.6) is 11.5 Å². The van der Waals surface area contributed by atoms with Crippen LogP contribution in [0, 0.1) is 0 Å². The summed E-state index contributed by atoms with van der Waals surface area (Å²) in [5.41, 5.74) is 1.45. The maximum absolute atomic E-state index is 11.3. The molecule has 0 heterocycles. The van der Waals surface area contributed by atoms with Crippen LogP contribution in [-0.2, 0) is 9.53 Å². The third kappa shape index (κ3) is 4.91. The number of benzene rings is 1. The van der Waals surface area contributed by atoms with Crippen molar-refractivity contribution in [1.82, 2.24) is 0 Å². The lowest BCUT2D eigenvalue weighted by molar-refractivity contribution is -0.137. The molecule has 104 valence electrons. The Balaban J connectivity index is 2.83. The van der Waals surface area contributed by atoms with Crippen molar-refractivity contribution in [3.63, 3.8) is 0 Å². The molecule has 1 aromatic carbocycles. The van der Waals surface area contributed by atoms with Crippen molar-refractivity contribution in [3.8, 4) is 11.5 Å². The van der Waals surface area contributed by atoms with Crippen LogP contribution in [0.4, 0.5) is 5.69 Å². The minimum Gasteiger partial charge on any atom is -0.497 e. The lowest BCUT2D eigenvalue weighted by Crippen LogP contribution is -2.04. The van der Waals surface area contributed by atoms with E-state index >= 15 is 0 Å². The molecule has 1 rings (SSSR count). The van der Waals surface area contributed by atoms with E-state index in [2.05, 4.69) is 5.32 Å². The van der Waals surface area contributed by atoms with Crippen molar-refractivity contribution >= 4 is 11.7 Å². The highest BCUT2D eigenvalue weighted by Crippen LogP contribution is 2.26. The third-order valence-corrected chi connectivity index (χ3v) is 2.31. The summed E-state index contributed by atoms with van der Waals surface area (Å²) in [5, 5.41) is 3.08. The van der Waals surface area contributed by atoms with Crippen molar-refractivity contribution in [3.05, 3.63) is 30.0 Å². The largest absolute Gasteiger partial charge is 0.497 e. The zero-order valence-electron chi connectivity index (χ0n) is 11.6. The smallest absolute Gasteiger partial charge is 0.332 e. The molecule has 0 aliphatic carbocycles. The molecule has 5 nitrogen and oxygen atoms in total. The molecule has 1 aromatic rings. The molecule has 0 bridgehead atoms. The van der Waals surface area contributed by atoms with Crippen LogP contribution in [0.25, 0.3) is 0 Å². The maximum Gasteiger partial charge on any atom is 0.332 e. The van der Waals surface area contributed by atoms with Crippen LogP contribution < -0.4 is 14.8 Å². The second-order valence-corrected chi connectivity index (χ2v) is 3.81. The van der Waals surface area contributed by atoms with Crippen molar-refractivity contribution in [1.29, 1.82) is 0 Å². The van der Waals surface area contributed by atoms with Crippen LogP contribution in [0.3, 0.4) is 0 Å². The zero-order valence-corrected chi connectivity index (χ0v) is 11.6. The number of anilines is 1. The molecule has 0 aromatic heterocycles. The topological polar surface area (TPSA) is 56.8 Å². The van der Waals surface area contributed by atoms with Crippen molar-refractivity contribution in [2.75, 3.05) is 26.1 Å². The number of hydrogen-bond donors (Lipinski definition) is 1. The van der Waals surface area contributed by atoms with Crippen LogP contribution in [0.2, 0.25) is 0 Å². The predicted molar refractivity (Wildman–Crippen MR) is 73.6 cm³/mol. The molecule has 0 unspecified atom stereocenters. The van der Waals surface area contributed by atoms with Gasteiger partial charge in [-0.2, -0.15) is 0 Å². The van der Waals surface area contributed by atoms with Gasteiger partial charge in [-0.3, -0.25) is 0 Å². The lowest BCUT2D eigenvalue weighted by Gasteiger charge is -2.10. The molecule has 0 spiro atoms. The van der Waals surface area contributed by atoms with Crippen molar-refractivity contribution in [2.45, 2.75) is 13.8 Å². The molecule has 0 fully saturated rings. The Bertz CT molecular complexity index is 446. The Labute approximate surface area is 113 Å². The minimum atomic E-state index is -0.373. The van der Waals surface area contributed by atoms with E-state index in [4.69, 9.17) is 14.2 Å². The summed E-state index contributed by atoms with van der Waals surface area (Å²) in [7, 11) is 3.17. The Kier molecular flexibility index (Phi) is 5.73. The minimum absolute atomic E-state index is 0.357. The van der Waals surface area contributed by atoms with Gasteiger partial charge in [-0.25, -0.2) is 4.79 Å². The predicted octanol–water partition coefficient (Wildman–Crippen LogP) is 2.58. The fraction of sp³-hybridized carbons (Fsp3) is 0.357. The van der Waals surface area contributed by atoms with E-state index in [0.717, 1.165) is 5.69 Å². The van der Waals surface area contributed by atoms with Gasteiger partial charge in [0, 0.05) is 35.7 Å². The fourth-order valence-corrected chi connectivity index (χ4v) is 1.50. The number of ether oxygens (including phenoxy) is 3. The van der Waals surface area contributed by atoms with Crippen molar-refractivity contribution < 1.29 is 19.0 Å². The molecule has 0 aliphatic heterocycles. The van der Waals surface area contributed by atoms with E-state index in [1.165, 1.54) is 6.08 Å². The van der Waals surface area contributed by atoms with Crippen LogP contribution in [0.1, 0.15) is 13.8 Å². The number of rotatable bonds is 6. The Morgan fingerprint density at radius 2 is 1.79 bits per heavy atom. The van der Waals surface area contributed by atoms with Gasteiger partial charge in [-0.05, 0) is 13.8 Å². The first-order chi connectivity index (χ1) is 9.08. The van der Waals surface area contributed by atoms with Gasteiger partial charge in [0.25, 0.3) is 0 Å². The maximum atomic E-state index is 11.3. The molecule has 0 saturated heterocycles. The van der Waals surface area contributed by atoms with E-state index in [-0.39, 0.29) is 5.97 Å². The van der Waals surface area contributed by atoms with E-state index < -0.39 is 0 Å². The summed E-state index contributed by atoms with van der Waals surface area (Å²) in [5.74, 6) is 0.971. The van der Waals surface area contributed by atoms with E-state index in [1.807, 2.05) is 12.1 Å².